The van der Waals surface area contributed by atoms with Gasteiger partial charge in [-0.3, -0.25) is 0 Å². The molecule has 1 aromatic rings. The summed E-state index contributed by atoms with van der Waals surface area (Å²) < 4.78 is 0. The summed E-state index contributed by atoms with van der Waals surface area (Å²) in [6.45, 7) is 6.10. The maximum atomic E-state index is 9.07. The zero-order chi connectivity index (χ0) is 11.8. The van der Waals surface area contributed by atoms with Crippen molar-refractivity contribution in [1.82, 2.24) is 0 Å². The fraction of sp³-hybridized carbons (Fsp3) is 0.400. The predicted molar refractivity (Wildman–Crippen MR) is 65.0 cm³/mol. The van der Waals surface area contributed by atoms with Crippen molar-refractivity contribution in [3.8, 4) is 0 Å². The van der Waals surface area contributed by atoms with Gasteiger partial charge in [0.15, 0.2) is 0 Å². The van der Waals surface area contributed by atoms with Crippen LogP contribution in [0, 0.1) is 0 Å². The van der Waals surface area contributed by atoms with E-state index in [4.69, 9.17) is 33.2 Å². The van der Waals surface area contributed by atoms with Gasteiger partial charge >= 0.3 is 7.12 Å². The molecule has 0 aliphatic heterocycles. The maximum Gasteiger partial charge on any atom is 0.491 e. The van der Waals surface area contributed by atoms with E-state index in [0.717, 1.165) is 5.56 Å². The van der Waals surface area contributed by atoms with Crippen LogP contribution in [0.1, 0.15) is 26.3 Å². The molecule has 0 aromatic heterocycles. The van der Waals surface area contributed by atoms with Gasteiger partial charge in [-0.05, 0) is 23.1 Å². The fourth-order valence-corrected chi connectivity index (χ4v) is 1.95. The van der Waals surface area contributed by atoms with E-state index in [2.05, 4.69) is 0 Å². The third-order valence-electron chi connectivity index (χ3n) is 2.20. The number of halogens is 2. The molecule has 0 unspecified atom stereocenters. The Hall–Kier alpha value is -0.215. The lowest BCUT2D eigenvalue weighted by Gasteiger charge is -2.21. The van der Waals surface area contributed by atoms with Gasteiger partial charge in [0, 0.05) is 15.5 Å². The molecule has 0 aliphatic rings. The zero-order valence-corrected chi connectivity index (χ0v) is 10.4. The molecule has 0 saturated heterocycles. The minimum Gasteiger partial charge on any atom is -0.423 e. The summed E-state index contributed by atoms with van der Waals surface area (Å²) in [7, 11) is -1.64. The van der Waals surface area contributed by atoms with E-state index < -0.39 is 7.12 Å². The van der Waals surface area contributed by atoms with E-state index >= 15 is 0 Å². The monoisotopic (exact) mass is 246 g/mol. The van der Waals surface area contributed by atoms with Gasteiger partial charge in [0.1, 0.15) is 0 Å². The van der Waals surface area contributed by atoms with Crippen LogP contribution in [0.15, 0.2) is 12.1 Å². The average molecular weight is 247 g/mol. The summed E-state index contributed by atoms with van der Waals surface area (Å²) in [5.74, 6) is 0. The van der Waals surface area contributed by atoms with Gasteiger partial charge in [-0.25, -0.2) is 0 Å². The van der Waals surface area contributed by atoms with Crippen LogP contribution in [0.25, 0.3) is 0 Å². The largest absolute Gasteiger partial charge is 0.491 e. The molecule has 0 aliphatic carbocycles. The van der Waals surface area contributed by atoms with E-state index in [1.807, 2.05) is 20.8 Å². The predicted octanol–water partition coefficient (Wildman–Crippen LogP) is 1.97. The summed E-state index contributed by atoms with van der Waals surface area (Å²) in [5.41, 5.74) is 1.04. The molecule has 0 radical (unpaired) electrons. The van der Waals surface area contributed by atoms with Crippen LogP contribution in [-0.2, 0) is 5.41 Å². The van der Waals surface area contributed by atoms with E-state index in [0.29, 0.717) is 0 Å². The summed E-state index contributed by atoms with van der Waals surface area (Å²) in [4.78, 5) is 0. The Balaban J connectivity index is 3.32. The zero-order valence-electron chi connectivity index (χ0n) is 8.88. The van der Waals surface area contributed by atoms with Gasteiger partial charge in [0.05, 0.1) is 0 Å². The first-order valence-corrected chi connectivity index (χ1v) is 5.34. The molecule has 15 heavy (non-hydrogen) atoms. The molecule has 0 saturated carbocycles. The van der Waals surface area contributed by atoms with Crippen LogP contribution < -0.4 is 5.46 Å². The molecular formula is C10H13BCl2O2. The molecule has 0 bridgehead atoms. The van der Waals surface area contributed by atoms with Gasteiger partial charge < -0.3 is 10.0 Å². The second kappa shape index (κ2) is 4.34. The maximum absolute atomic E-state index is 9.07. The second-order valence-corrected chi connectivity index (χ2v) is 5.29. The highest BCUT2D eigenvalue weighted by Gasteiger charge is 2.23. The first-order chi connectivity index (χ1) is 6.73. The highest BCUT2D eigenvalue weighted by Crippen LogP contribution is 2.27. The number of hydrogen-bond acceptors (Lipinski definition) is 2. The quantitative estimate of drug-likeness (QED) is 0.744. The smallest absolute Gasteiger partial charge is 0.423 e. The number of rotatable bonds is 1. The topological polar surface area (TPSA) is 40.5 Å². The van der Waals surface area contributed by atoms with Crippen molar-refractivity contribution in [3.05, 3.63) is 27.7 Å². The summed E-state index contributed by atoms with van der Waals surface area (Å²) in [6, 6.07) is 3.42. The van der Waals surface area contributed by atoms with E-state index in [1.165, 1.54) is 0 Å². The van der Waals surface area contributed by atoms with Crippen LogP contribution in [0.3, 0.4) is 0 Å². The highest BCUT2D eigenvalue weighted by molar-refractivity contribution is 6.66. The molecule has 0 heterocycles. The summed E-state index contributed by atoms with van der Waals surface area (Å²) >= 11 is 11.9. The van der Waals surface area contributed by atoms with Crippen molar-refractivity contribution in [2.75, 3.05) is 0 Å². The van der Waals surface area contributed by atoms with Crippen LogP contribution >= 0.6 is 23.2 Å². The lowest BCUT2D eigenvalue weighted by atomic mass is 9.77. The van der Waals surface area contributed by atoms with Crippen LogP contribution in [0.5, 0.6) is 0 Å². The Morgan fingerprint density at radius 1 is 1.07 bits per heavy atom. The summed E-state index contributed by atoms with van der Waals surface area (Å²) in [6.07, 6.45) is 0. The number of hydrogen-bond donors (Lipinski definition) is 2. The van der Waals surface area contributed by atoms with Gasteiger partial charge in [-0.2, -0.15) is 0 Å². The third kappa shape index (κ3) is 2.88. The molecule has 1 rings (SSSR count). The molecule has 5 heteroatoms. The van der Waals surface area contributed by atoms with Crippen LogP contribution in [-0.4, -0.2) is 17.2 Å². The second-order valence-electron chi connectivity index (χ2n) is 4.48. The van der Waals surface area contributed by atoms with Gasteiger partial charge in [-0.15, -0.1) is 0 Å². The standard InChI is InChI=1S/C10H13BCl2O2/c1-10(2,3)6-4-7(12)9(11(14)15)8(13)5-6/h4-5,14-15H,1-3H3. The first-order valence-electron chi connectivity index (χ1n) is 4.59. The SMILES string of the molecule is CC(C)(C)c1cc(Cl)c(B(O)O)c(Cl)c1. The highest BCUT2D eigenvalue weighted by atomic mass is 35.5. The Labute approximate surface area is 100.0 Å². The van der Waals surface area contributed by atoms with Crippen LogP contribution in [0.2, 0.25) is 10.0 Å². The first kappa shape index (κ1) is 12.9. The van der Waals surface area contributed by atoms with Gasteiger partial charge in [-0.1, -0.05) is 44.0 Å². The van der Waals surface area contributed by atoms with Crippen molar-refractivity contribution < 1.29 is 10.0 Å². The Kier molecular flexibility index (Phi) is 3.72. The molecule has 2 nitrogen and oxygen atoms in total. The summed E-state index contributed by atoms with van der Waals surface area (Å²) in [5, 5.41) is 18.7. The van der Waals surface area contributed by atoms with E-state index in [9.17, 15) is 0 Å². The van der Waals surface area contributed by atoms with Crippen molar-refractivity contribution >= 4 is 35.8 Å². The average Bonchev–Trinajstić information content (AvgIpc) is 1.99. The van der Waals surface area contributed by atoms with Gasteiger partial charge in [0.25, 0.3) is 0 Å². The number of benzene rings is 1. The molecule has 0 amide bonds. The minimum absolute atomic E-state index is 0.0772. The van der Waals surface area contributed by atoms with Crippen LogP contribution in [0.4, 0.5) is 0 Å². The normalized spacial score (nSPS) is 11.7. The third-order valence-corrected chi connectivity index (χ3v) is 2.83. The minimum atomic E-state index is -1.64. The molecule has 82 valence electrons. The molecule has 0 atom stereocenters. The lowest BCUT2D eigenvalue weighted by Crippen LogP contribution is -2.32. The molecular weight excluding hydrogens is 234 g/mol. The van der Waals surface area contributed by atoms with Crippen molar-refractivity contribution in [1.29, 1.82) is 0 Å². The Morgan fingerprint density at radius 2 is 1.47 bits per heavy atom. The molecule has 1 aromatic carbocycles. The lowest BCUT2D eigenvalue weighted by molar-refractivity contribution is 0.426. The van der Waals surface area contributed by atoms with E-state index in [1.54, 1.807) is 12.1 Å². The Morgan fingerprint density at radius 3 is 1.73 bits per heavy atom. The van der Waals surface area contributed by atoms with Crippen molar-refractivity contribution in [3.63, 3.8) is 0 Å². The fourth-order valence-electron chi connectivity index (χ4n) is 1.26. The molecule has 2 N–H and O–H groups in total. The van der Waals surface area contributed by atoms with Crippen molar-refractivity contribution in [2.45, 2.75) is 26.2 Å². The van der Waals surface area contributed by atoms with E-state index in [-0.39, 0.29) is 20.9 Å². The van der Waals surface area contributed by atoms with Crippen molar-refractivity contribution in [2.24, 2.45) is 0 Å². The molecule has 0 spiro atoms. The molecule has 0 fully saturated rings. The Bertz CT molecular complexity index is 349. The van der Waals surface area contributed by atoms with Gasteiger partial charge in [0.2, 0.25) is 0 Å².